The first-order chi connectivity index (χ1) is 4.47. The van der Waals surface area contributed by atoms with Gasteiger partial charge in [-0.15, -0.1) is 6.58 Å². The van der Waals surface area contributed by atoms with Gasteiger partial charge in [-0.3, -0.25) is 4.58 Å². The van der Waals surface area contributed by atoms with E-state index in [9.17, 15) is 0 Å². The van der Waals surface area contributed by atoms with Crippen LogP contribution in [0.25, 0.3) is 0 Å². The van der Waals surface area contributed by atoms with Gasteiger partial charge in [0.2, 0.25) is 0 Å². The van der Waals surface area contributed by atoms with Crippen LogP contribution < -0.4 is 0 Å². The highest BCUT2D eigenvalue weighted by Gasteiger charge is 2.08. The molecular formula is C7H18O2Si. The molecule has 0 saturated carbocycles. The summed E-state index contributed by atoms with van der Waals surface area (Å²) < 4.78 is 4.55. The minimum absolute atomic E-state index is 0.137. The van der Waals surface area contributed by atoms with Crippen molar-refractivity contribution in [3.8, 4) is 0 Å². The molecule has 0 aromatic heterocycles. The van der Waals surface area contributed by atoms with Crippen LogP contribution in [0, 0.1) is 0 Å². The van der Waals surface area contributed by atoms with E-state index in [2.05, 4.69) is 11.2 Å². The molecule has 0 radical (unpaired) electrons. The lowest BCUT2D eigenvalue weighted by molar-refractivity contribution is -0.273. The van der Waals surface area contributed by atoms with Gasteiger partial charge in [-0.1, -0.05) is 6.08 Å². The van der Waals surface area contributed by atoms with Crippen molar-refractivity contribution in [1.29, 1.82) is 0 Å². The highest BCUT2D eigenvalue weighted by Crippen LogP contribution is 2.04. The molecule has 0 heterocycles. The van der Waals surface area contributed by atoms with Gasteiger partial charge in [-0.2, -0.15) is 0 Å². The topological polar surface area (TPSA) is 18.5 Å². The van der Waals surface area contributed by atoms with Gasteiger partial charge in [0.15, 0.2) is 10.5 Å². The van der Waals surface area contributed by atoms with Crippen molar-refractivity contribution in [3.63, 3.8) is 0 Å². The summed E-state index contributed by atoms with van der Waals surface area (Å²) in [7, 11) is 0.648. The maximum atomic E-state index is 4.79. The fourth-order valence-electron chi connectivity index (χ4n) is 0.250. The zero-order valence-corrected chi connectivity index (χ0v) is 9.60. The monoisotopic (exact) mass is 162 g/mol. The minimum Gasteiger partial charge on any atom is -0.298 e. The molecule has 0 aliphatic carbocycles. The van der Waals surface area contributed by atoms with Gasteiger partial charge in [0, 0.05) is 0 Å². The Morgan fingerprint density at radius 3 is 1.70 bits per heavy atom. The summed E-state index contributed by atoms with van der Waals surface area (Å²) in [4.78, 5) is 4.79. The first kappa shape index (κ1) is 12.5. The van der Waals surface area contributed by atoms with Crippen LogP contribution in [0.4, 0.5) is 0 Å². The van der Waals surface area contributed by atoms with Gasteiger partial charge < -0.3 is 0 Å². The number of allylic oxidation sites excluding steroid dienone is 1. The van der Waals surface area contributed by atoms with E-state index in [0.29, 0.717) is 10.5 Å². The smallest absolute Gasteiger partial charge is 0.193 e. The number of hydrogen-bond donors (Lipinski definition) is 0. The van der Waals surface area contributed by atoms with Crippen molar-refractivity contribution in [2.45, 2.75) is 33.3 Å². The Kier molecular flexibility index (Phi) is 8.77. The van der Waals surface area contributed by atoms with Crippen LogP contribution in [-0.4, -0.2) is 16.1 Å². The summed E-state index contributed by atoms with van der Waals surface area (Å²) in [6.07, 6.45) is 1.75. The van der Waals surface area contributed by atoms with Crippen LogP contribution in [0.15, 0.2) is 12.7 Å². The maximum absolute atomic E-state index is 4.79. The Labute approximate surface area is 66.7 Å². The molecule has 0 spiro atoms. The Hall–Kier alpha value is -0.123. The first-order valence-corrected chi connectivity index (χ1v) is 4.08. The van der Waals surface area contributed by atoms with Crippen LogP contribution in [0.2, 0.25) is 0 Å². The molecule has 0 amide bonds. The molecule has 2 nitrogen and oxygen atoms in total. The molecule has 0 atom stereocenters. The maximum Gasteiger partial charge on any atom is 0.193 e. The molecule has 0 unspecified atom stereocenters. The van der Waals surface area contributed by atoms with Crippen molar-refractivity contribution < 1.29 is 9.46 Å². The van der Waals surface area contributed by atoms with Crippen LogP contribution in [-0.2, 0) is 9.46 Å². The van der Waals surface area contributed by atoms with Gasteiger partial charge in [0.1, 0.15) is 0 Å². The van der Waals surface area contributed by atoms with Crippen molar-refractivity contribution in [3.05, 3.63) is 12.7 Å². The van der Waals surface area contributed by atoms with E-state index in [4.69, 9.17) is 4.89 Å². The highest BCUT2D eigenvalue weighted by atomic mass is 28.2. The van der Waals surface area contributed by atoms with Crippen molar-refractivity contribution in [2.75, 3.05) is 0 Å². The number of hydrogen-bond acceptors (Lipinski definition) is 2. The van der Waals surface area contributed by atoms with Gasteiger partial charge in [0.05, 0.1) is 5.60 Å². The first-order valence-electron chi connectivity index (χ1n) is 3.26. The fourth-order valence-corrected chi connectivity index (χ4v) is 0.750. The molecule has 0 saturated heterocycles. The molecule has 10 heavy (non-hydrogen) atoms. The second-order valence-corrected chi connectivity index (χ2v) is 3.10. The van der Waals surface area contributed by atoms with E-state index in [-0.39, 0.29) is 5.60 Å². The molecule has 0 aliphatic heterocycles. The van der Waals surface area contributed by atoms with E-state index in [0.717, 1.165) is 0 Å². The quantitative estimate of drug-likeness (QED) is 0.250. The molecule has 0 aliphatic rings. The van der Waals surface area contributed by atoms with Crippen LogP contribution in [0.3, 0.4) is 0 Å². The zero-order chi connectivity index (χ0) is 8.62. The lowest BCUT2D eigenvalue weighted by atomic mass is 10.2. The second-order valence-electron chi connectivity index (χ2n) is 2.77. The van der Waals surface area contributed by atoms with Crippen molar-refractivity contribution >= 4 is 10.5 Å². The van der Waals surface area contributed by atoms with E-state index in [1.54, 1.807) is 6.08 Å². The molecule has 0 rings (SSSR count). The summed E-state index contributed by atoms with van der Waals surface area (Å²) in [5.41, 5.74) is -0.137. The zero-order valence-electron chi connectivity index (χ0n) is 7.60. The summed E-state index contributed by atoms with van der Waals surface area (Å²) in [5, 5.41) is 0. The predicted molar refractivity (Wildman–Crippen MR) is 47.7 cm³/mol. The van der Waals surface area contributed by atoms with Gasteiger partial charge in [-0.05, 0) is 27.7 Å². The molecular weight excluding hydrogens is 144 g/mol. The summed E-state index contributed by atoms with van der Waals surface area (Å²) in [6, 6.07) is 0. The average Bonchev–Trinajstić information content (AvgIpc) is 1.63. The largest absolute Gasteiger partial charge is 0.298 e. The average molecular weight is 162 g/mol. The minimum atomic E-state index is -0.137. The molecule has 0 aromatic carbocycles. The van der Waals surface area contributed by atoms with E-state index < -0.39 is 0 Å². The van der Waals surface area contributed by atoms with E-state index in [1.165, 1.54) is 0 Å². The van der Waals surface area contributed by atoms with E-state index in [1.807, 2.05) is 27.7 Å². The Balaban J connectivity index is 0. The van der Waals surface area contributed by atoms with Crippen molar-refractivity contribution in [1.82, 2.24) is 0 Å². The lowest BCUT2D eigenvalue weighted by Gasteiger charge is -2.15. The normalized spacial score (nSPS) is 10.0. The SMILES string of the molecule is C=CC.CC(C)(C)OO[SiH3]. The fraction of sp³-hybridized carbons (Fsp3) is 0.714. The predicted octanol–water partition coefficient (Wildman–Crippen LogP) is 1.21. The lowest BCUT2D eigenvalue weighted by Crippen LogP contribution is -2.18. The van der Waals surface area contributed by atoms with Crippen LogP contribution in [0.1, 0.15) is 27.7 Å². The Bertz CT molecular complexity index is 76.2. The Morgan fingerprint density at radius 2 is 1.70 bits per heavy atom. The van der Waals surface area contributed by atoms with Crippen molar-refractivity contribution in [2.24, 2.45) is 0 Å². The molecule has 0 aromatic rings. The molecule has 0 fully saturated rings. The molecule has 3 heteroatoms. The highest BCUT2D eigenvalue weighted by molar-refractivity contribution is 5.97. The summed E-state index contributed by atoms with van der Waals surface area (Å²) in [6.45, 7) is 11.1. The van der Waals surface area contributed by atoms with Crippen LogP contribution in [0.5, 0.6) is 0 Å². The third kappa shape index (κ3) is 24.8. The molecule has 0 N–H and O–H groups in total. The van der Waals surface area contributed by atoms with Gasteiger partial charge in [-0.25, -0.2) is 4.89 Å². The molecule has 0 bridgehead atoms. The number of rotatable bonds is 1. The van der Waals surface area contributed by atoms with Gasteiger partial charge >= 0.3 is 0 Å². The summed E-state index contributed by atoms with van der Waals surface area (Å²) >= 11 is 0. The molecule has 62 valence electrons. The third-order valence-electron chi connectivity index (χ3n) is 0.333. The Morgan fingerprint density at radius 1 is 1.40 bits per heavy atom. The third-order valence-corrected chi connectivity index (χ3v) is 0.500. The summed E-state index contributed by atoms with van der Waals surface area (Å²) in [5.74, 6) is 0. The van der Waals surface area contributed by atoms with E-state index >= 15 is 0 Å². The second kappa shape index (κ2) is 6.99. The van der Waals surface area contributed by atoms with Crippen LogP contribution >= 0.6 is 0 Å². The van der Waals surface area contributed by atoms with Gasteiger partial charge in [0.25, 0.3) is 0 Å². The standard InChI is InChI=1S/C4H12O2Si.C3H6/c1-4(2,3)5-6-7;1-3-2/h1-3,7H3;3H,1H2,2H3.